The molecule has 0 amide bonds. The summed E-state index contributed by atoms with van der Waals surface area (Å²) < 4.78 is 24.8. The summed E-state index contributed by atoms with van der Waals surface area (Å²) in [5, 5.41) is 0. The molecule has 0 bridgehead atoms. The van der Waals surface area contributed by atoms with Crippen LogP contribution in [-0.4, -0.2) is 14.2 Å². The molecule has 0 saturated carbocycles. The summed E-state index contributed by atoms with van der Waals surface area (Å²) in [6.45, 7) is 1.88. The van der Waals surface area contributed by atoms with Gasteiger partial charge in [0.2, 0.25) is 15.6 Å². The lowest BCUT2D eigenvalue weighted by atomic mass is 10.1. The molecule has 0 aromatic heterocycles. The van der Waals surface area contributed by atoms with Gasteiger partial charge in [0.1, 0.15) is 4.91 Å². The van der Waals surface area contributed by atoms with Crippen molar-refractivity contribution in [2.24, 2.45) is 0 Å². The van der Waals surface area contributed by atoms with Crippen LogP contribution in [0.4, 0.5) is 0 Å². The lowest BCUT2D eigenvalue weighted by molar-refractivity contribution is 0.104. The van der Waals surface area contributed by atoms with E-state index >= 15 is 0 Å². The Morgan fingerprint density at radius 2 is 1.60 bits per heavy atom. The maximum atomic E-state index is 12.4. The average Bonchev–Trinajstić information content (AvgIpc) is 2.63. The molecule has 100 valence electrons. The van der Waals surface area contributed by atoms with Crippen molar-refractivity contribution in [3.8, 4) is 0 Å². The van der Waals surface area contributed by atoms with Crippen LogP contribution in [0.15, 0.2) is 58.3 Å². The predicted octanol–water partition coefficient (Wildman–Crippen LogP) is 3.01. The Morgan fingerprint density at radius 1 is 0.950 bits per heavy atom. The number of carbonyl (C=O) groups is 1. The molecule has 1 aliphatic heterocycles. The van der Waals surface area contributed by atoms with Crippen LogP contribution in [0.3, 0.4) is 0 Å². The zero-order valence-electron chi connectivity index (χ0n) is 10.8. The number of hydrogen-bond donors (Lipinski definition) is 0. The molecule has 0 spiro atoms. The zero-order valence-corrected chi connectivity index (χ0v) is 11.6. The zero-order chi connectivity index (χ0) is 14.3. The fourth-order valence-corrected chi connectivity index (χ4v) is 3.88. The number of allylic oxidation sites excluding steroid dienone is 1. The first kappa shape index (κ1) is 12.8. The molecule has 3 rings (SSSR count). The molecule has 1 aliphatic rings. The minimum absolute atomic E-state index is 0.102. The van der Waals surface area contributed by atoms with Gasteiger partial charge in [-0.15, -0.1) is 0 Å². The average molecular weight is 284 g/mol. The first-order chi connectivity index (χ1) is 9.51. The highest BCUT2D eigenvalue weighted by molar-refractivity contribution is 7.97. The number of aryl methyl sites for hydroxylation is 1. The van der Waals surface area contributed by atoms with E-state index in [0.29, 0.717) is 0 Å². The molecule has 2 aromatic rings. The maximum Gasteiger partial charge on any atom is 0.211 e. The standard InChI is InChI=1S/C16H12O3S/c1-11-6-2-3-7-12(11)10-15-16(17)13-8-4-5-9-14(13)20(15,18)19/h2-10H,1H3/b15-10-. The van der Waals surface area contributed by atoms with E-state index in [2.05, 4.69) is 0 Å². The van der Waals surface area contributed by atoms with Gasteiger partial charge >= 0.3 is 0 Å². The van der Waals surface area contributed by atoms with Crippen LogP contribution in [0.1, 0.15) is 21.5 Å². The van der Waals surface area contributed by atoms with Crippen LogP contribution in [0.5, 0.6) is 0 Å². The van der Waals surface area contributed by atoms with E-state index in [0.717, 1.165) is 11.1 Å². The van der Waals surface area contributed by atoms with E-state index in [1.54, 1.807) is 24.3 Å². The van der Waals surface area contributed by atoms with Crippen molar-refractivity contribution >= 4 is 21.7 Å². The number of rotatable bonds is 1. The third kappa shape index (κ3) is 1.80. The van der Waals surface area contributed by atoms with E-state index in [-0.39, 0.29) is 15.4 Å². The van der Waals surface area contributed by atoms with Crippen molar-refractivity contribution in [1.82, 2.24) is 0 Å². The highest BCUT2D eigenvalue weighted by Gasteiger charge is 2.38. The number of fused-ring (bicyclic) bond motifs is 1. The Morgan fingerprint density at radius 3 is 2.30 bits per heavy atom. The van der Waals surface area contributed by atoms with Crippen molar-refractivity contribution in [2.45, 2.75) is 11.8 Å². The first-order valence-electron chi connectivity index (χ1n) is 6.18. The van der Waals surface area contributed by atoms with Crippen molar-refractivity contribution in [2.75, 3.05) is 0 Å². The fraction of sp³-hybridized carbons (Fsp3) is 0.0625. The molecule has 2 aromatic carbocycles. The lowest BCUT2D eigenvalue weighted by Crippen LogP contribution is -2.02. The van der Waals surface area contributed by atoms with Crippen LogP contribution in [0, 0.1) is 6.92 Å². The molecule has 3 nitrogen and oxygen atoms in total. The fourth-order valence-electron chi connectivity index (χ4n) is 2.29. The van der Waals surface area contributed by atoms with Crippen molar-refractivity contribution in [1.29, 1.82) is 0 Å². The summed E-state index contributed by atoms with van der Waals surface area (Å²) in [4.78, 5) is 12.2. The molecular formula is C16H12O3S. The largest absolute Gasteiger partial charge is 0.288 e. The number of sulfone groups is 1. The SMILES string of the molecule is Cc1ccccc1/C=C1/C(=O)c2ccccc2S1(=O)=O. The Bertz CT molecular complexity index is 846. The Hall–Kier alpha value is -2.20. The minimum Gasteiger partial charge on any atom is -0.288 e. The second-order valence-electron chi connectivity index (χ2n) is 4.69. The van der Waals surface area contributed by atoms with Gasteiger partial charge in [-0.25, -0.2) is 8.42 Å². The van der Waals surface area contributed by atoms with Gasteiger partial charge in [0.15, 0.2) is 0 Å². The van der Waals surface area contributed by atoms with Gasteiger partial charge in [-0.05, 0) is 36.3 Å². The third-order valence-electron chi connectivity index (χ3n) is 3.41. The summed E-state index contributed by atoms with van der Waals surface area (Å²) in [6, 6.07) is 13.7. The molecule has 4 heteroatoms. The highest BCUT2D eigenvalue weighted by Crippen LogP contribution is 2.35. The number of hydrogen-bond acceptors (Lipinski definition) is 3. The molecule has 20 heavy (non-hydrogen) atoms. The van der Waals surface area contributed by atoms with Gasteiger partial charge in [0, 0.05) is 5.56 Å². The summed E-state index contributed by atoms with van der Waals surface area (Å²) >= 11 is 0. The third-order valence-corrected chi connectivity index (χ3v) is 5.23. The smallest absolute Gasteiger partial charge is 0.211 e. The predicted molar refractivity (Wildman–Crippen MR) is 77.1 cm³/mol. The van der Waals surface area contributed by atoms with E-state index in [1.807, 2.05) is 25.1 Å². The van der Waals surface area contributed by atoms with Gasteiger partial charge in [0.25, 0.3) is 0 Å². The number of Topliss-reactive ketones (excluding diaryl/α,β-unsaturated/α-hetero) is 1. The van der Waals surface area contributed by atoms with Gasteiger partial charge in [-0.2, -0.15) is 0 Å². The van der Waals surface area contributed by atoms with Crippen LogP contribution < -0.4 is 0 Å². The second kappa shape index (κ2) is 4.42. The van der Waals surface area contributed by atoms with Crippen LogP contribution in [-0.2, 0) is 9.84 Å². The van der Waals surface area contributed by atoms with Crippen molar-refractivity contribution in [3.63, 3.8) is 0 Å². The highest BCUT2D eigenvalue weighted by atomic mass is 32.2. The van der Waals surface area contributed by atoms with Gasteiger partial charge < -0.3 is 0 Å². The quantitative estimate of drug-likeness (QED) is 0.756. The van der Waals surface area contributed by atoms with Gasteiger partial charge in [0.05, 0.1) is 4.90 Å². The first-order valence-corrected chi connectivity index (χ1v) is 7.66. The molecule has 0 unspecified atom stereocenters. The second-order valence-corrected chi connectivity index (χ2v) is 6.58. The molecule has 0 saturated heterocycles. The summed E-state index contributed by atoms with van der Waals surface area (Å²) in [5.41, 5.74) is 1.93. The van der Waals surface area contributed by atoms with Crippen LogP contribution in [0.25, 0.3) is 6.08 Å². The molecule has 0 aliphatic carbocycles. The maximum absolute atomic E-state index is 12.4. The summed E-state index contributed by atoms with van der Waals surface area (Å²) in [7, 11) is -3.70. The topological polar surface area (TPSA) is 51.2 Å². The molecule has 0 fully saturated rings. The van der Waals surface area contributed by atoms with Crippen molar-refractivity contribution in [3.05, 3.63) is 70.1 Å². The molecule has 0 radical (unpaired) electrons. The van der Waals surface area contributed by atoms with E-state index in [1.165, 1.54) is 12.1 Å². The van der Waals surface area contributed by atoms with Crippen LogP contribution >= 0.6 is 0 Å². The normalized spacial score (nSPS) is 18.2. The van der Waals surface area contributed by atoms with E-state index in [4.69, 9.17) is 0 Å². The molecular weight excluding hydrogens is 272 g/mol. The number of carbonyl (C=O) groups excluding carboxylic acids is 1. The lowest BCUT2D eigenvalue weighted by Gasteiger charge is -2.01. The Labute approximate surface area is 117 Å². The van der Waals surface area contributed by atoms with Gasteiger partial charge in [-0.3, -0.25) is 4.79 Å². The molecule has 0 atom stereocenters. The van der Waals surface area contributed by atoms with Gasteiger partial charge in [-0.1, -0.05) is 36.4 Å². The Balaban J connectivity index is 2.24. The molecule has 0 N–H and O–H groups in total. The van der Waals surface area contributed by atoms with E-state index in [9.17, 15) is 13.2 Å². The van der Waals surface area contributed by atoms with Crippen LogP contribution in [0.2, 0.25) is 0 Å². The summed E-state index contributed by atoms with van der Waals surface area (Å²) in [5.74, 6) is -0.427. The van der Waals surface area contributed by atoms with E-state index < -0.39 is 15.6 Å². The Kier molecular flexibility index (Phi) is 2.83. The van der Waals surface area contributed by atoms with Crippen molar-refractivity contribution < 1.29 is 13.2 Å². The minimum atomic E-state index is -3.70. The molecule has 1 heterocycles. The number of benzene rings is 2. The monoisotopic (exact) mass is 284 g/mol. The number of ketones is 1. The summed E-state index contributed by atoms with van der Waals surface area (Å²) in [6.07, 6.45) is 1.47.